The van der Waals surface area contributed by atoms with Gasteiger partial charge in [-0.2, -0.15) is 5.10 Å². The Morgan fingerprint density at radius 1 is 0.848 bits per heavy atom. The first kappa shape index (κ1) is 21.2. The van der Waals surface area contributed by atoms with Crippen LogP contribution in [-0.2, 0) is 11.2 Å². The van der Waals surface area contributed by atoms with Crippen LogP contribution in [0.25, 0.3) is 5.69 Å². The number of halogens is 1. The fraction of sp³-hybridized carbons (Fsp3) is 0.250. The van der Waals surface area contributed by atoms with Crippen LogP contribution in [0.1, 0.15) is 45.8 Å². The van der Waals surface area contributed by atoms with E-state index in [1.807, 2.05) is 24.3 Å². The second kappa shape index (κ2) is 8.37. The van der Waals surface area contributed by atoms with Crippen molar-refractivity contribution in [1.82, 2.24) is 9.78 Å². The SMILES string of the molecule is NC(=O)c1nn(-c2ccc(Cl)cc2)c2c1CCN(c1ccc(N3CCCCC3=O)cc1)C2=O. The molecule has 2 aliphatic rings. The third-order valence-electron chi connectivity index (χ3n) is 6.12. The van der Waals surface area contributed by atoms with Crippen molar-refractivity contribution in [2.75, 3.05) is 22.9 Å². The highest BCUT2D eigenvalue weighted by atomic mass is 35.5. The molecule has 0 saturated carbocycles. The number of anilines is 2. The number of hydrogen-bond donors (Lipinski definition) is 1. The summed E-state index contributed by atoms with van der Waals surface area (Å²) in [6.07, 6.45) is 2.91. The highest BCUT2D eigenvalue weighted by molar-refractivity contribution is 6.30. The van der Waals surface area contributed by atoms with Crippen molar-refractivity contribution in [3.05, 3.63) is 70.5 Å². The summed E-state index contributed by atoms with van der Waals surface area (Å²) in [5, 5.41) is 4.91. The molecule has 168 valence electrons. The number of nitrogens with two attached hydrogens (primary N) is 1. The molecule has 5 rings (SSSR count). The van der Waals surface area contributed by atoms with Crippen molar-refractivity contribution in [3.8, 4) is 5.69 Å². The Bertz CT molecular complexity index is 1250. The second-order valence-corrected chi connectivity index (χ2v) is 8.59. The summed E-state index contributed by atoms with van der Waals surface area (Å²) in [7, 11) is 0. The predicted octanol–water partition coefficient (Wildman–Crippen LogP) is 3.34. The molecule has 8 nitrogen and oxygen atoms in total. The van der Waals surface area contributed by atoms with Crippen LogP contribution in [0.5, 0.6) is 0 Å². The molecule has 9 heteroatoms. The Morgan fingerprint density at radius 3 is 2.12 bits per heavy atom. The minimum atomic E-state index is -0.671. The number of rotatable bonds is 4. The van der Waals surface area contributed by atoms with Gasteiger partial charge < -0.3 is 15.5 Å². The Morgan fingerprint density at radius 2 is 1.48 bits per heavy atom. The van der Waals surface area contributed by atoms with Crippen LogP contribution in [0, 0.1) is 0 Å². The molecule has 3 amide bonds. The summed E-state index contributed by atoms with van der Waals surface area (Å²) in [6, 6.07) is 14.3. The Kier molecular flexibility index (Phi) is 5.38. The lowest BCUT2D eigenvalue weighted by atomic mass is 10.0. The number of carbonyl (C=O) groups excluding carboxylic acids is 3. The smallest absolute Gasteiger partial charge is 0.277 e. The second-order valence-electron chi connectivity index (χ2n) is 8.15. The van der Waals surface area contributed by atoms with E-state index in [4.69, 9.17) is 17.3 Å². The quantitative estimate of drug-likeness (QED) is 0.641. The zero-order valence-electron chi connectivity index (χ0n) is 17.8. The van der Waals surface area contributed by atoms with E-state index in [1.165, 1.54) is 4.68 Å². The van der Waals surface area contributed by atoms with Gasteiger partial charge >= 0.3 is 0 Å². The van der Waals surface area contributed by atoms with E-state index in [1.54, 1.807) is 34.1 Å². The van der Waals surface area contributed by atoms with Crippen molar-refractivity contribution in [2.45, 2.75) is 25.7 Å². The third kappa shape index (κ3) is 3.76. The topological polar surface area (TPSA) is 102 Å². The highest BCUT2D eigenvalue weighted by Crippen LogP contribution is 2.31. The minimum absolute atomic E-state index is 0.104. The summed E-state index contributed by atoms with van der Waals surface area (Å²) >= 11 is 6.00. The fourth-order valence-corrected chi connectivity index (χ4v) is 4.59. The molecule has 3 aromatic rings. The van der Waals surface area contributed by atoms with Crippen LogP contribution in [0.4, 0.5) is 11.4 Å². The van der Waals surface area contributed by atoms with Gasteiger partial charge in [-0.05, 0) is 67.8 Å². The molecule has 33 heavy (non-hydrogen) atoms. The van der Waals surface area contributed by atoms with Gasteiger partial charge in [-0.3, -0.25) is 14.4 Å². The molecule has 1 aromatic heterocycles. The molecule has 0 atom stereocenters. The standard InChI is InChI=1S/C24H22ClN5O3/c25-15-4-6-18(7-5-15)30-22-19(21(27-30)23(26)32)12-14-29(24(22)33)17-10-8-16(9-11-17)28-13-2-1-3-20(28)31/h4-11H,1-3,12-14H2,(H2,26,32). The zero-order chi connectivity index (χ0) is 23.1. The zero-order valence-corrected chi connectivity index (χ0v) is 18.6. The van der Waals surface area contributed by atoms with Crippen LogP contribution < -0.4 is 15.5 Å². The number of aromatic nitrogens is 2. The van der Waals surface area contributed by atoms with Crippen LogP contribution in [-0.4, -0.2) is 40.6 Å². The fourth-order valence-electron chi connectivity index (χ4n) is 4.46. The summed E-state index contributed by atoms with van der Waals surface area (Å²) in [5.41, 5.74) is 8.67. The van der Waals surface area contributed by atoms with Crippen LogP contribution in [0.15, 0.2) is 48.5 Å². The lowest BCUT2D eigenvalue weighted by molar-refractivity contribution is -0.119. The molecule has 1 fully saturated rings. The first-order chi connectivity index (χ1) is 15.9. The maximum Gasteiger partial charge on any atom is 0.277 e. The van der Waals surface area contributed by atoms with E-state index < -0.39 is 5.91 Å². The number of nitrogens with zero attached hydrogens (tertiary/aromatic N) is 4. The molecule has 0 unspecified atom stereocenters. The molecule has 3 heterocycles. The first-order valence-electron chi connectivity index (χ1n) is 10.8. The summed E-state index contributed by atoms with van der Waals surface area (Å²) in [5.74, 6) is -0.817. The van der Waals surface area contributed by atoms with Gasteiger partial charge in [-0.15, -0.1) is 0 Å². The van der Waals surface area contributed by atoms with Crippen LogP contribution in [0.2, 0.25) is 5.02 Å². The van der Waals surface area contributed by atoms with E-state index in [2.05, 4.69) is 5.10 Å². The third-order valence-corrected chi connectivity index (χ3v) is 6.37. The van der Waals surface area contributed by atoms with Gasteiger partial charge in [0.25, 0.3) is 11.8 Å². The Labute approximate surface area is 195 Å². The summed E-state index contributed by atoms with van der Waals surface area (Å²) in [4.78, 5) is 41.3. The molecule has 1 saturated heterocycles. The van der Waals surface area contributed by atoms with E-state index >= 15 is 0 Å². The average Bonchev–Trinajstić information content (AvgIpc) is 3.21. The highest BCUT2D eigenvalue weighted by Gasteiger charge is 2.34. The van der Waals surface area contributed by atoms with Gasteiger partial charge in [0.05, 0.1) is 5.69 Å². The van der Waals surface area contributed by atoms with Gasteiger partial charge in [0.2, 0.25) is 5.91 Å². The van der Waals surface area contributed by atoms with Gasteiger partial charge in [-0.1, -0.05) is 11.6 Å². The minimum Gasteiger partial charge on any atom is -0.364 e. The monoisotopic (exact) mass is 463 g/mol. The van der Waals surface area contributed by atoms with Crippen molar-refractivity contribution < 1.29 is 14.4 Å². The number of hydrogen-bond acceptors (Lipinski definition) is 4. The van der Waals surface area contributed by atoms with E-state index in [0.717, 1.165) is 18.5 Å². The number of amides is 3. The molecule has 0 aliphatic carbocycles. The number of piperidine rings is 1. The molecule has 0 spiro atoms. The number of primary amides is 1. The molecule has 2 N–H and O–H groups in total. The number of benzene rings is 2. The molecular formula is C24H22ClN5O3. The molecular weight excluding hydrogens is 442 g/mol. The lowest BCUT2D eigenvalue weighted by Gasteiger charge is -2.29. The van der Waals surface area contributed by atoms with Gasteiger partial charge in [0, 0.05) is 41.5 Å². The van der Waals surface area contributed by atoms with Gasteiger partial charge in [0.15, 0.2) is 5.69 Å². The number of fused-ring (bicyclic) bond motifs is 1. The van der Waals surface area contributed by atoms with E-state index in [0.29, 0.717) is 53.6 Å². The molecule has 2 aliphatic heterocycles. The van der Waals surface area contributed by atoms with E-state index in [9.17, 15) is 14.4 Å². The Balaban J connectivity index is 1.50. The van der Waals surface area contributed by atoms with Crippen molar-refractivity contribution in [2.24, 2.45) is 5.73 Å². The predicted molar refractivity (Wildman–Crippen MR) is 125 cm³/mol. The lowest BCUT2D eigenvalue weighted by Crippen LogP contribution is -2.39. The van der Waals surface area contributed by atoms with Crippen molar-refractivity contribution in [1.29, 1.82) is 0 Å². The van der Waals surface area contributed by atoms with Crippen molar-refractivity contribution >= 4 is 40.7 Å². The van der Waals surface area contributed by atoms with Gasteiger partial charge in [-0.25, -0.2) is 4.68 Å². The van der Waals surface area contributed by atoms with Gasteiger partial charge in [0.1, 0.15) is 5.69 Å². The summed E-state index contributed by atoms with van der Waals surface area (Å²) < 4.78 is 1.46. The largest absolute Gasteiger partial charge is 0.364 e. The maximum atomic E-state index is 13.6. The maximum absolute atomic E-state index is 13.6. The van der Waals surface area contributed by atoms with Crippen LogP contribution >= 0.6 is 11.6 Å². The normalized spacial score (nSPS) is 16.2. The summed E-state index contributed by atoms with van der Waals surface area (Å²) in [6.45, 7) is 1.10. The van der Waals surface area contributed by atoms with E-state index in [-0.39, 0.29) is 17.5 Å². The van der Waals surface area contributed by atoms with Crippen molar-refractivity contribution in [3.63, 3.8) is 0 Å². The average molecular weight is 464 g/mol. The molecule has 0 radical (unpaired) electrons. The first-order valence-corrected chi connectivity index (χ1v) is 11.2. The Hall–Kier alpha value is -3.65. The molecule has 0 bridgehead atoms. The molecule has 2 aromatic carbocycles. The van der Waals surface area contributed by atoms with Crippen LogP contribution in [0.3, 0.4) is 0 Å². The number of carbonyl (C=O) groups is 3.